The number of nitrogens with two attached hydrogens (primary N) is 2. The van der Waals surface area contributed by atoms with E-state index in [0.717, 1.165) is 18.7 Å². The van der Waals surface area contributed by atoms with Crippen molar-refractivity contribution in [2.75, 3.05) is 6.54 Å². The van der Waals surface area contributed by atoms with Crippen molar-refractivity contribution in [3.8, 4) is 0 Å². The van der Waals surface area contributed by atoms with E-state index in [1.807, 2.05) is 0 Å². The molecule has 1 aromatic heterocycles. The maximum Gasteiger partial charge on any atom is 0.326 e. The first-order chi connectivity index (χ1) is 41.7. The highest BCUT2D eigenvalue weighted by molar-refractivity contribution is 6.00. The summed E-state index contributed by atoms with van der Waals surface area (Å²) in [6.45, 7) is 11.7. The standard InChI is InChI=1S/C57H85N13O19/c1-9-27(5)45(68-55(86)46(28(6)10-2)67-51(82)38(24-43(77)78)61-30(8)72)54(85)64-36(22-31-25-60-33-15-12-11-14-32(31)33)49(80)62-34(18-20-42(75)76)48(79)66-44(26(3)4)53(84)65-37(23-41(59)74)50(81)69-47(29(7)71)56(87)70-21-13-16-39(70)52(83)63-35(57(88)89)17-19-40(58)73/h11-12,14-15,25-29,34-39,44-47,60,71H,9-10,13,16-24H2,1-8H3,(H2,58,73)(H2,59,74)(H,61,72)(H,62,80)(H,63,83)(H,64,85)(H,65,84)(H,66,79)(H,67,82)(H,68,86)(H,69,81)(H,75,76)(H,77,78)(H,88,89)/t27-,28-,29+,34-,35-,36-,37-,38-,39-,44-,45-,46-,47-/m0/s1. The summed E-state index contributed by atoms with van der Waals surface area (Å²) in [5.74, 6) is -18.5. The predicted octanol–water partition coefficient (Wildman–Crippen LogP) is -3.22. The summed E-state index contributed by atoms with van der Waals surface area (Å²) in [5.41, 5.74) is 11.7. The van der Waals surface area contributed by atoms with Crippen molar-refractivity contribution in [3.63, 3.8) is 0 Å². The SMILES string of the molecule is CC[C@H](C)[C@H](NC(=O)[C@H](CC(=O)O)NC(C)=O)C(=O)N[C@H](C(=O)N[C@@H](Cc1c[nH]c2ccccc12)C(=O)N[C@@H](CCC(=O)O)C(=O)N[C@H](C(=O)N[C@@H](CC(N)=O)C(=O)N[C@H](C(=O)N1CCC[C@H]1C(=O)N[C@@H](CCC(N)=O)C(=O)O)[C@@H](C)O)C(C)C)[C@@H](C)CC. The second-order valence-corrected chi connectivity index (χ2v) is 22.5. The van der Waals surface area contributed by atoms with Crippen LogP contribution < -0.4 is 59.3 Å². The number of nitrogens with zero attached hydrogens (tertiary/aromatic N) is 1. The number of carbonyl (C=O) groups excluding carboxylic acids is 12. The van der Waals surface area contributed by atoms with Gasteiger partial charge in [0.2, 0.25) is 70.9 Å². The Morgan fingerprint density at radius 1 is 0.573 bits per heavy atom. The zero-order valence-corrected chi connectivity index (χ0v) is 51.0. The molecule has 2 heterocycles. The van der Waals surface area contributed by atoms with Crippen molar-refractivity contribution in [1.29, 1.82) is 0 Å². The normalized spacial score (nSPS) is 17.0. The molecule has 13 atom stereocenters. The number of amides is 12. The number of aliphatic hydroxyl groups excluding tert-OH is 1. The van der Waals surface area contributed by atoms with E-state index in [2.05, 4.69) is 52.8 Å². The number of likely N-dealkylation sites (tertiary alicyclic amines) is 1. The van der Waals surface area contributed by atoms with E-state index in [9.17, 15) is 92.3 Å². The number of carboxylic acid groups (broad SMARTS) is 3. The molecule has 0 saturated carbocycles. The minimum absolute atomic E-state index is 0.0294. The van der Waals surface area contributed by atoms with Crippen LogP contribution in [-0.2, 0) is 78.3 Å². The number of rotatable bonds is 37. The predicted molar refractivity (Wildman–Crippen MR) is 314 cm³/mol. The average Bonchev–Trinajstić information content (AvgIpc) is 2.19. The summed E-state index contributed by atoms with van der Waals surface area (Å²) in [4.78, 5) is 202. The number of aliphatic hydroxyl groups is 1. The number of aromatic nitrogens is 1. The molecule has 18 N–H and O–H groups in total. The lowest BCUT2D eigenvalue weighted by molar-refractivity contribution is -0.146. The maximum atomic E-state index is 14.7. The third-order valence-electron chi connectivity index (χ3n) is 15.1. The maximum absolute atomic E-state index is 14.7. The van der Waals surface area contributed by atoms with Crippen LogP contribution in [-0.4, -0.2) is 192 Å². The summed E-state index contributed by atoms with van der Waals surface area (Å²) >= 11 is 0. The Morgan fingerprint density at radius 3 is 1.60 bits per heavy atom. The van der Waals surface area contributed by atoms with Crippen LogP contribution in [0.1, 0.15) is 125 Å². The van der Waals surface area contributed by atoms with Crippen LogP contribution >= 0.6 is 0 Å². The molecule has 12 amide bonds. The Kier molecular flexibility index (Phi) is 29.1. The number of hydrogen-bond acceptors (Lipinski definition) is 16. The molecule has 0 bridgehead atoms. The lowest BCUT2D eigenvalue weighted by Gasteiger charge is -2.32. The van der Waals surface area contributed by atoms with Gasteiger partial charge >= 0.3 is 17.9 Å². The van der Waals surface area contributed by atoms with Gasteiger partial charge in [-0.15, -0.1) is 0 Å². The minimum atomic E-state index is -1.90. The Labute approximate surface area is 512 Å². The first-order valence-electron chi connectivity index (χ1n) is 29.2. The number of carbonyl (C=O) groups is 15. The van der Waals surface area contributed by atoms with Crippen molar-refractivity contribution in [2.45, 2.75) is 193 Å². The number of primary amides is 2. The average molecular weight is 1260 g/mol. The number of fused-ring (bicyclic) bond motifs is 1. The molecule has 0 aliphatic carbocycles. The third-order valence-corrected chi connectivity index (χ3v) is 15.1. The highest BCUT2D eigenvalue weighted by Crippen LogP contribution is 2.23. The Balaban J connectivity index is 1.97. The van der Waals surface area contributed by atoms with Gasteiger partial charge in [-0.1, -0.05) is 72.6 Å². The van der Waals surface area contributed by atoms with E-state index < -0.39 is 199 Å². The first-order valence-corrected chi connectivity index (χ1v) is 29.2. The van der Waals surface area contributed by atoms with Gasteiger partial charge in [-0.05, 0) is 62.0 Å². The second-order valence-electron chi connectivity index (χ2n) is 22.5. The van der Waals surface area contributed by atoms with Crippen LogP contribution in [0.25, 0.3) is 10.9 Å². The van der Waals surface area contributed by atoms with E-state index in [1.54, 1.807) is 58.2 Å². The number of benzene rings is 1. The van der Waals surface area contributed by atoms with Crippen molar-refractivity contribution < 1.29 is 92.3 Å². The number of aliphatic carboxylic acids is 3. The molecule has 3 rings (SSSR count). The minimum Gasteiger partial charge on any atom is -0.481 e. The molecule has 1 aromatic carbocycles. The van der Waals surface area contributed by atoms with Crippen molar-refractivity contribution in [1.82, 2.24) is 57.7 Å². The van der Waals surface area contributed by atoms with Crippen LogP contribution in [0.2, 0.25) is 0 Å². The van der Waals surface area contributed by atoms with Gasteiger partial charge in [-0.2, -0.15) is 0 Å². The van der Waals surface area contributed by atoms with Crippen LogP contribution in [0.4, 0.5) is 0 Å². The van der Waals surface area contributed by atoms with E-state index in [1.165, 1.54) is 13.8 Å². The summed E-state index contributed by atoms with van der Waals surface area (Å²) in [7, 11) is 0. The van der Waals surface area contributed by atoms with Gasteiger partial charge in [-0.25, -0.2) is 4.79 Å². The van der Waals surface area contributed by atoms with Crippen molar-refractivity contribution in [2.24, 2.45) is 29.2 Å². The highest BCUT2D eigenvalue weighted by Gasteiger charge is 2.43. The van der Waals surface area contributed by atoms with Crippen molar-refractivity contribution >= 4 is 99.7 Å². The molecule has 0 unspecified atom stereocenters. The van der Waals surface area contributed by atoms with Gasteiger partial charge in [-0.3, -0.25) is 67.1 Å². The molecule has 1 fully saturated rings. The second kappa shape index (κ2) is 34.9. The first kappa shape index (κ1) is 74.0. The van der Waals surface area contributed by atoms with Gasteiger partial charge in [0.05, 0.1) is 18.9 Å². The zero-order valence-electron chi connectivity index (χ0n) is 51.0. The molecule has 1 aliphatic heterocycles. The molecule has 0 radical (unpaired) electrons. The number of para-hydroxylation sites is 1. The Bertz CT molecular complexity index is 2920. The van der Waals surface area contributed by atoms with Gasteiger partial charge in [0, 0.05) is 49.8 Å². The quantitative estimate of drug-likeness (QED) is 0.0316. The van der Waals surface area contributed by atoms with Crippen LogP contribution in [0.3, 0.4) is 0 Å². The summed E-state index contributed by atoms with van der Waals surface area (Å²) < 4.78 is 0. The molecular weight excluding hydrogens is 1170 g/mol. The van der Waals surface area contributed by atoms with Crippen LogP contribution in [0, 0.1) is 17.8 Å². The molecule has 1 saturated heterocycles. The van der Waals surface area contributed by atoms with Crippen LogP contribution in [0.5, 0.6) is 0 Å². The molecule has 89 heavy (non-hydrogen) atoms. The Morgan fingerprint density at radius 2 is 1.07 bits per heavy atom. The van der Waals surface area contributed by atoms with Crippen LogP contribution in [0.15, 0.2) is 30.5 Å². The molecular formula is C57H85N13O19. The zero-order chi connectivity index (χ0) is 67.1. The lowest BCUT2D eigenvalue weighted by atomic mass is 9.94. The van der Waals surface area contributed by atoms with Gasteiger partial charge < -0.3 is 89.6 Å². The molecule has 2 aromatic rings. The molecule has 0 spiro atoms. The number of carboxylic acids is 3. The smallest absolute Gasteiger partial charge is 0.326 e. The number of aromatic amines is 1. The fourth-order valence-electron chi connectivity index (χ4n) is 9.73. The number of hydrogen-bond donors (Lipinski definition) is 16. The monoisotopic (exact) mass is 1260 g/mol. The van der Waals surface area contributed by atoms with E-state index in [0.29, 0.717) is 22.9 Å². The molecule has 492 valence electrons. The molecule has 32 nitrogen and oxygen atoms in total. The number of nitrogens with one attached hydrogen (secondary N) is 10. The topological polar surface area (TPSA) is 516 Å². The van der Waals surface area contributed by atoms with Gasteiger partial charge in [0.1, 0.15) is 60.4 Å². The summed E-state index contributed by atoms with van der Waals surface area (Å²) in [6.07, 6.45) is -3.41. The third kappa shape index (κ3) is 22.8. The van der Waals surface area contributed by atoms with Gasteiger partial charge in [0.15, 0.2) is 0 Å². The summed E-state index contributed by atoms with van der Waals surface area (Å²) in [6, 6.07) is -9.05. The van der Waals surface area contributed by atoms with Crippen molar-refractivity contribution in [3.05, 3.63) is 36.0 Å². The summed E-state index contributed by atoms with van der Waals surface area (Å²) in [5, 5.41) is 62.2. The number of H-pyrrole nitrogens is 1. The van der Waals surface area contributed by atoms with Gasteiger partial charge in [0.25, 0.3) is 0 Å². The van der Waals surface area contributed by atoms with E-state index in [-0.39, 0.29) is 45.1 Å². The van der Waals surface area contributed by atoms with E-state index in [4.69, 9.17) is 11.5 Å². The highest BCUT2D eigenvalue weighted by atomic mass is 16.4. The largest absolute Gasteiger partial charge is 0.481 e. The molecule has 1 aliphatic rings. The fourth-order valence-corrected chi connectivity index (χ4v) is 9.73. The lowest BCUT2D eigenvalue weighted by Crippen LogP contribution is -2.63. The van der Waals surface area contributed by atoms with E-state index >= 15 is 0 Å². The molecule has 32 heteroatoms. The Hall–Kier alpha value is -9.23. The fraction of sp³-hybridized carbons (Fsp3) is 0.596.